The summed E-state index contributed by atoms with van der Waals surface area (Å²) in [6.07, 6.45) is 0.857. The van der Waals surface area contributed by atoms with Crippen molar-refractivity contribution in [3.8, 4) is 0 Å². The number of nitrogens with one attached hydrogen (secondary N) is 2. The third kappa shape index (κ3) is 4.04. The molecule has 0 spiro atoms. The molecule has 16 heavy (non-hydrogen) atoms. The van der Waals surface area contributed by atoms with E-state index in [1.165, 1.54) is 0 Å². The van der Waals surface area contributed by atoms with Crippen molar-refractivity contribution >= 4 is 11.6 Å². The van der Waals surface area contributed by atoms with Crippen LogP contribution in [0.5, 0.6) is 0 Å². The Balaban J connectivity index is 2.77. The summed E-state index contributed by atoms with van der Waals surface area (Å²) in [7, 11) is 0. The lowest BCUT2D eigenvalue weighted by atomic mass is 10.2. The molecule has 0 fully saturated rings. The number of rotatable bonds is 6. The highest BCUT2D eigenvalue weighted by atomic mass is 15.1. The molecule has 0 saturated carbocycles. The average Bonchev–Trinajstić information content (AvgIpc) is 2.26. The Bertz CT molecular complexity index is 323. The van der Waals surface area contributed by atoms with Gasteiger partial charge in [-0.3, -0.25) is 0 Å². The van der Waals surface area contributed by atoms with Gasteiger partial charge in [0.05, 0.1) is 0 Å². The van der Waals surface area contributed by atoms with Crippen LogP contribution in [0.4, 0.5) is 11.6 Å². The zero-order chi connectivity index (χ0) is 12.0. The van der Waals surface area contributed by atoms with Gasteiger partial charge in [0.1, 0.15) is 17.5 Å². The number of nitrogens with zero attached hydrogens (tertiary/aromatic N) is 2. The lowest BCUT2D eigenvalue weighted by Crippen LogP contribution is -2.11. The number of hydrogen-bond acceptors (Lipinski definition) is 4. The van der Waals surface area contributed by atoms with E-state index in [9.17, 15) is 0 Å². The van der Waals surface area contributed by atoms with E-state index in [-0.39, 0.29) is 0 Å². The van der Waals surface area contributed by atoms with Gasteiger partial charge in [-0.25, -0.2) is 9.97 Å². The van der Waals surface area contributed by atoms with E-state index >= 15 is 0 Å². The zero-order valence-corrected chi connectivity index (χ0v) is 10.7. The fourth-order valence-electron chi connectivity index (χ4n) is 1.33. The lowest BCUT2D eigenvalue weighted by molar-refractivity contribution is 0.686. The van der Waals surface area contributed by atoms with Crippen LogP contribution >= 0.6 is 0 Å². The maximum absolute atomic E-state index is 4.44. The minimum atomic E-state index is 0.614. The summed E-state index contributed by atoms with van der Waals surface area (Å²) in [5.74, 6) is 3.31. The standard InChI is InChI=1S/C12H22N4/c1-5-10-15-11(13-6-2)7-12(16-10)14-8-9(3)4/h7,9H,5-6,8H2,1-4H3,(H2,13,14,15,16). The van der Waals surface area contributed by atoms with Crippen LogP contribution in [0.25, 0.3) is 0 Å². The first-order chi connectivity index (χ1) is 7.65. The normalized spacial score (nSPS) is 10.6. The molecule has 0 amide bonds. The van der Waals surface area contributed by atoms with Gasteiger partial charge in [-0.2, -0.15) is 0 Å². The molecule has 2 N–H and O–H groups in total. The first kappa shape index (κ1) is 12.7. The van der Waals surface area contributed by atoms with Gasteiger partial charge in [-0.1, -0.05) is 20.8 Å². The average molecular weight is 222 g/mol. The first-order valence-electron chi connectivity index (χ1n) is 6.01. The SMILES string of the molecule is CCNc1cc(NCC(C)C)nc(CC)n1. The van der Waals surface area contributed by atoms with Gasteiger partial charge >= 0.3 is 0 Å². The predicted molar refractivity (Wildman–Crippen MR) is 68.9 cm³/mol. The van der Waals surface area contributed by atoms with Gasteiger partial charge in [-0.15, -0.1) is 0 Å². The van der Waals surface area contributed by atoms with Gasteiger partial charge in [-0.05, 0) is 12.8 Å². The third-order valence-electron chi connectivity index (χ3n) is 2.14. The van der Waals surface area contributed by atoms with Crippen LogP contribution < -0.4 is 10.6 Å². The monoisotopic (exact) mass is 222 g/mol. The highest BCUT2D eigenvalue weighted by Crippen LogP contribution is 2.12. The van der Waals surface area contributed by atoms with Gasteiger partial charge in [0.2, 0.25) is 0 Å². The van der Waals surface area contributed by atoms with E-state index in [1.54, 1.807) is 0 Å². The molecule has 0 saturated heterocycles. The van der Waals surface area contributed by atoms with Gasteiger partial charge in [0, 0.05) is 25.6 Å². The van der Waals surface area contributed by atoms with Crippen molar-refractivity contribution in [3.63, 3.8) is 0 Å². The van der Waals surface area contributed by atoms with Crippen LogP contribution in [-0.4, -0.2) is 23.1 Å². The second-order valence-corrected chi connectivity index (χ2v) is 4.21. The summed E-state index contributed by atoms with van der Waals surface area (Å²) in [6, 6.07) is 1.96. The summed E-state index contributed by atoms with van der Waals surface area (Å²) >= 11 is 0. The smallest absolute Gasteiger partial charge is 0.132 e. The molecule has 0 atom stereocenters. The summed E-state index contributed by atoms with van der Waals surface area (Å²) in [6.45, 7) is 10.3. The van der Waals surface area contributed by atoms with Crippen molar-refractivity contribution in [2.45, 2.75) is 34.1 Å². The van der Waals surface area contributed by atoms with E-state index in [0.717, 1.165) is 37.0 Å². The fraction of sp³-hybridized carbons (Fsp3) is 0.667. The number of anilines is 2. The Labute approximate surface area is 97.9 Å². The molecule has 1 rings (SSSR count). The van der Waals surface area contributed by atoms with Crippen LogP contribution in [0.2, 0.25) is 0 Å². The molecule has 0 radical (unpaired) electrons. The molecule has 1 aromatic heterocycles. The van der Waals surface area contributed by atoms with E-state index < -0.39 is 0 Å². The van der Waals surface area contributed by atoms with E-state index in [4.69, 9.17) is 0 Å². The minimum absolute atomic E-state index is 0.614. The number of aromatic nitrogens is 2. The lowest BCUT2D eigenvalue weighted by Gasteiger charge is -2.11. The maximum atomic E-state index is 4.44. The molecule has 90 valence electrons. The molecular formula is C12H22N4. The molecular weight excluding hydrogens is 200 g/mol. The van der Waals surface area contributed by atoms with Crippen molar-refractivity contribution in [2.75, 3.05) is 23.7 Å². The molecule has 0 unspecified atom stereocenters. The van der Waals surface area contributed by atoms with Crippen molar-refractivity contribution in [3.05, 3.63) is 11.9 Å². The Kier molecular flexibility index (Phi) is 5.02. The highest BCUT2D eigenvalue weighted by molar-refractivity contribution is 5.47. The summed E-state index contributed by atoms with van der Waals surface area (Å²) < 4.78 is 0. The minimum Gasteiger partial charge on any atom is -0.370 e. The topological polar surface area (TPSA) is 49.8 Å². The molecule has 0 aliphatic rings. The molecule has 0 aliphatic heterocycles. The summed E-state index contributed by atoms with van der Waals surface area (Å²) in [5.41, 5.74) is 0. The highest BCUT2D eigenvalue weighted by Gasteiger charge is 2.03. The van der Waals surface area contributed by atoms with E-state index in [2.05, 4.69) is 48.3 Å². The molecule has 1 heterocycles. The molecule has 1 aromatic rings. The predicted octanol–water partition coefficient (Wildman–Crippen LogP) is 2.54. The number of hydrogen-bond donors (Lipinski definition) is 2. The second-order valence-electron chi connectivity index (χ2n) is 4.21. The summed E-state index contributed by atoms with van der Waals surface area (Å²) in [5, 5.41) is 6.55. The molecule has 0 aromatic carbocycles. The molecule has 4 heteroatoms. The Morgan fingerprint density at radius 1 is 1.12 bits per heavy atom. The van der Waals surface area contributed by atoms with Crippen molar-refractivity contribution in [2.24, 2.45) is 5.92 Å². The van der Waals surface area contributed by atoms with Crippen molar-refractivity contribution < 1.29 is 0 Å². The molecule has 4 nitrogen and oxygen atoms in total. The van der Waals surface area contributed by atoms with E-state index in [0.29, 0.717) is 5.92 Å². The summed E-state index contributed by atoms with van der Waals surface area (Å²) in [4.78, 5) is 8.85. The zero-order valence-electron chi connectivity index (χ0n) is 10.7. The van der Waals surface area contributed by atoms with Gasteiger partial charge in [0.25, 0.3) is 0 Å². The van der Waals surface area contributed by atoms with Gasteiger partial charge < -0.3 is 10.6 Å². The maximum Gasteiger partial charge on any atom is 0.132 e. The molecule has 0 bridgehead atoms. The van der Waals surface area contributed by atoms with Crippen molar-refractivity contribution in [1.29, 1.82) is 0 Å². The fourth-order valence-corrected chi connectivity index (χ4v) is 1.33. The van der Waals surface area contributed by atoms with Gasteiger partial charge in [0.15, 0.2) is 0 Å². The van der Waals surface area contributed by atoms with Crippen LogP contribution in [0, 0.1) is 5.92 Å². The first-order valence-corrected chi connectivity index (χ1v) is 6.01. The Morgan fingerprint density at radius 3 is 2.25 bits per heavy atom. The Morgan fingerprint density at radius 2 is 1.75 bits per heavy atom. The van der Waals surface area contributed by atoms with Crippen LogP contribution in [0.15, 0.2) is 6.07 Å². The number of aryl methyl sites for hydroxylation is 1. The third-order valence-corrected chi connectivity index (χ3v) is 2.14. The largest absolute Gasteiger partial charge is 0.370 e. The van der Waals surface area contributed by atoms with Crippen LogP contribution in [-0.2, 0) is 6.42 Å². The van der Waals surface area contributed by atoms with Crippen LogP contribution in [0.3, 0.4) is 0 Å². The van der Waals surface area contributed by atoms with E-state index in [1.807, 2.05) is 6.07 Å². The van der Waals surface area contributed by atoms with Crippen LogP contribution in [0.1, 0.15) is 33.5 Å². The quantitative estimate of drug-likeness (QED) is 0.776. The second kappa shape index (κ2) is 6.30. The molecule has 0 aliphatic carbocycles. The Hall–Kier alpha value is -1.32. The van der Waals surface area contributed by atoms with Crippen molar-refractivity contribution in [1.82, 2.24) is 9.97 Å².